The number of piperidine rings is 2. The van der Waals surface area contributed by atoms with Crippen LogP contribution in [0, 0.1) is 5.41 Å². The van der Waals surface area contributed by atoms with Crippen molar-refractivity contribution in [3.63, 3.8) is 0 Å². The number of nitrogens with zero attached hydrogens (tertiary/aromatic N) is 4. The van der Waals surface area contributed by atoms with Gasteiger partial charge in [-0.1, -0.05) is 6.07 Å². The number of hydrogen-bond acceptors (Lipinski definition) is 3. The van der Waals surface area contributed by atoms with E-state index in [1.54, 1.807) is 6.20 Å². The monoisotopic (exact) mass is 327 g/mol. The Labute approximate surface area is 142 Å². The Morgan fingerprint density at radius 3 is 2.88 bits per heavy atom. The maximum atomic E-state index is 12.8. The maximum Gasteiger partial charge on any atom is 0.323 e. The number of carbonyl (C=O) groups is 1. The predicted octanol–water partition coefficient (Wildman–Crippen LogP) is 2.67. The summed E-state index contributed by atoms with van der Waals surface area (Å²) in [6, 6.07) is 5.82. The van der Waals surface area contributed by atoms with E-state index in [0.717, 1.165) is 44.1 Å². The minimum Gasteiger partial charge on any atom is -0.324 e. The number of nitrogens with one attached hydrogen (secondary N) is 1. The Hall–Kier alpha value is -2.08. The van der Waals surface area contributed by atoms with E-state index >= 15 is 0 Å². The number of anilines is 1. The quantitative estimate of drug-likeness (QED) is 0.876. The number of aromatic nitrogens is 2. The van der Waals surface area contributed by atoms with Crippen molar-refractivity contribution in [1.29, 1.82) is 0 Å². The third-order valence-corrected chi connectivity index (χ3v) is 5.65. The van der Waals surface area contributed by atoms with Crippen molar-refractivity contribution in [3.05, 3.63) is 30.6 Å². The van der Waals surface area contributed by atoms with Crippen molar-refractivity contribution in [2.24, 2.45) is 5.41 Å². The van der Waals surface area contributed by atoms with Crippen molar-refractivity contribution in [3.8, 4) is 0 Å². The fraction of sp³-hybridized carbons (Fsp3) is 0.556. The van der Waals surface area contributed by atoms with E-state index in [9.17, 15) is 4.79 Å². The van der Waals surface area contributed by atoms with Gasteiger partial charge in [0.15, 0.2) is 0 Å². The second-order valence-corrected chi connectivity index (χ2v) is 7.33. The molecule has 128 valence electrons. The van der Waals surface area contributed by atoms with Gasteiger partial charge >= 0.3 is 6.03 Å². The zero-order valence-corrected chi connectivity index (χ0v) is 14.2. The lowest BCUT2D eigenvalue weighted by molar-refractivity contribution is 0.0486. The lowest BCUT2D eigenvalue weighted by atomic mass is 9.72. The van der Waals surface area contributed by atoms with Crippen LogP contribution in [0.25, 0.3) is 5.65 Å². The molecular formula is C18H25N5O. The summed E-state index contributed by atoms with van der Waals surface area (Å²) < 4.78 is 1.91. The number of rotatable bonds is 1. The van der Waals surface area contributed by atoms with Crippen LogP contribution in [-0.4, -0.2) is 58.4 Å². The van der Waals surface area contributed by atoms with Gasteiger partial charge in [-0.15, -0.1) is 0 Å². The first kappa shape index (κ1) is 15.4. The summed E-state index contributed by atoms with van der Waals surface area (Å²) in [5, 5.41) is 3.04. The van der Waals surface area contributed by atoms with Crippen molar-refractivity contribution in [1.82, 2.24) is 19.2 Å². The van der Waals surface area contributed by atoms with Gasteiger partial charge in [0.25, 0.3) is 0 Å². The molecule has 4 heterocycles. The van der Waals surface area contributed by atoms with Gasteiger partial charge < -0.3 is 9.80 Å². The third-order valence-electron chi connectivity index (χ3n) is 5.65. The molecule has 0 atom stereocenters. The van der Waals surface area contributed by atoms with E-state index in [2.05, 4.69) is 22.2 Å². The van der Waals surface area contributed by atoms with Gasteiger partial charge in [0.1, 0.15) is 11.5 Å². The van der Waals surface area contributed by atoms with E-state index in [0.29, 0.717) is 5.41 Å². The van der Waals surface area contributed by atoms with Gasteiger partial charge in [-0.05, 0) is 63.4 Å². The number of urea groups is 1. The summed E-state index contributed by atoms with van der Waals surface area (Å²) >= 11 is 0. The standard InChI is InChI=1S/C18H25N5O/c1-21-11-7-18(8-12-21)6-4-9-22(14-18)17(24)20-16-13-19-15-5-2-3-10-23(15)16/h2-3,5,10,13H,4,6-9,11-12,14H2,1H3,(H,20,24). The number of amides is 2. The third kappa shape index (κ3) is 2.86. The molecule has 2 aromatic rings. The summed E-state index contributed by atoms with van der Waals surface area (Å²) in [4.78, 5) is 21.5. The lowest BCUT2D eigenvalue weighted by Crippen LogP contribution is -2.51. The van der Waals surface area contributed by atoms with Crippen molar-refractivity contribution in [2.45, 2.75) is 25.7 Å². The van der Waals surface area contributed by atoms with Gasteiger partial charge in [-0.2, -0.15) is 0 Å². The number of pyridine rings is 1. The van der Waals surface area contributed by atoms with Crippen LogP contribution in [0.4, 0.5) is 10.6 Å². The number of likely N-dealkylation sites (tertiary alicyclic amines) is 2. The number of hydrogen-bond donors (Lipinski definition) is 1. The minimum atomic E-state index is -0.00124. The van der Waals surface area contributed by atoms with Crippen LogP contribution in [-0.2, 0) is 0 Å². The second kappa shape index (κ2) is 6.09. The molecule has 2 fully saturated rings. The van der Waals surface area contributed by atoms with Crippen LogP contribution in [0.5, 0.6) is 0 Å². The molecule has 6 heteroatoms. The summed E-state index contributed by atoms with van der Waals surface area (Å²) in [5.74, 6) is 0.735. The molecule has 24 heavy (non-hydrogen) atoms. The highest BCUT2D eigenvalue weighted by molar-refractivity contribution is 5.89. The Morgan fingerprint density at radius 2 is 2.04 bits per heavy atom. The minimum absolute atomic E-state index is 0.00124. The zero-order valence-electron chi connectivity index (χ0n) is 14.2. The summed E-state index contributed by atoms with van der Waals surface area (Å²) in [7, 11) is 2.19. The van der Waals surface area contributed by atoms with Gasteiger partial charge in [0.05, 0.1) is 6.20 Å². The van der Waals surface area contributed by atoms with Crippen LogP contribution >= 0.6 is 0 Å². The molecule has 0 aromatic carbocycles. The number of fused-ring (bicyclic) bond motifs is 1. The molecule has 0 saturated carbocycles. The fourth-order valence-corrected chi connectivity index (χ4v) is 4.10. The molecule has 2 aliphatic heterocycles. The first-order chi connectivity index (χ1) is 11.7. The molecule has 6 nitrogen and oxygen atoms in total. The normalized spacial score (nSPS) is 21.3. The lowest BCUT2D eigenvalue weighted by Gasteiger charge is -2.47. The zero-order chi connectivity index (χ0) is 16.6. The molecule has 1 spiro atoms. The van der Waals surface area contributed by atoms with Crippen molar-refractivity contribution in [2.75, 3.05) is 38.5 Å². The Morgan fingerprint density at radius 1 is 1.21 bits per heavy atom. The van der Waals surface area contributed by atoms with Crippen LogP contribution in [0.2, 0.25) is 0 Å². The maximum absolute atomic E-state index is 12.8. The average molecular weight is 327 g/mol. The Kier molecular flexibility index (Phi) is 3.92. The summed E-state index contributed by atoms with van der Waals surface area (Å²) in [6.07, 6.45) is 8.39. The summed E-state index contributed by atoms with van der Waals surface area (Å²) in [6.45, 7) is 4.01. The van der Waals surface area contributed by atoms with Crippen LogP contribution in [0.1, 0.15) is 25.7 Å². The van der Waals surface area contributed by atoms with Gasteiger partial charge in [0.2, 0.25) is 0 Å². The SMILES string of the molecule is CN1CCC2(CCCN(C(=O)Nc3cnc4ccccn34)C2)CC1. The molecule has 4 rings (SSSR count). The van der Waals surface area contributed by atoms with Crippen LogP contribution < -0.4 is 5.32 Å². The first-order valence-electron chi connectivity index (χ1n) is 8.82. The van der Waals surface area contributed by atoms with E-state index < -0.39 is 0 Å². The van der Waals surface area contributed by atoms with Crippen LogP contribution in [0.15, 0.2) is 30.6 Å². The van der Waals surface area contributed by atoms with E-state index in [4.69, 9.17) is 0 Å². The largest absolute Gasteiger partial charge is 0.324 e. The van der Waals surface area contributed by atoms with E-state index in [1.165, 1.54) is 19.3 Å². The molecule has 0 bridgehead atoms. The molecule has 2 amide bonds. The fourth-order valence-electron chi connectivity index (χ4n) is 4.10. The van der Waals surface area contributed by atoms with Crippen LogP contribution in [0.3, 0.4) is 0 Å². The van der Waals surface area contributed by atoms with Gasteiger partial charge in [-0.25, -0.2) is 9.78 Å². The molecule has 0 unspecified atom stereocenters. The average Bonchev–Trinajstić information content (AvgIpc) is 3.01. The molecular weight excluding hydrogens is 302 g/mol. The topological polar surface area (TPSA) is 52.9 Å². The Bertz CT molecular complexity index is 732. The van der Waals surface area contributed by atoms with Gasteiger partial charge in [0, 0.05) is 19.3 Å². The summed E-state index contributed by atoms with van der Waals surface area (Å²) in [5.41, 5.74) is 1.17. The Balaban J connectivity index is 1.46. The predicted molar refractivity (Wildman–Crippen MR) is 94.2 cm³/mol. The molecule has 1 N–H and O–H groups in total. The number of imidazole rings is 1. The highest BCUT2D eigenvalue weighted by Gasteiger charge is 2.39. The molecule has 2 aliphatic rings. The molecule has 2 aromatic heterocycles. The molecule has 0 aliphatic carbocycles. The van der Waals surface area contributed by atoms with E-state index in [1.807, 2.05) is 33.7 Å². The van der Waals surface area contributed by atoms with Crippen molar-refractivity contribution < 1.29 is 4.79 Å². The van der Waals surface area contributed by atoms with Crippen molar-refractivity contribution >= 4 is 17.5 Å². The first-order valence-corrected chi connectivity index (χ1v) is 8.82. The number of carbonyl (C=O) groups excluding carboxylic acids is 1. The highest BCUT2D eigenvalue weighted by atomic mass is 16.2. The van der Waals surface area contributed by atoms with Gasteiger partial charge in [-0.3, -0.25) is 9.72 Å². The van der Waals surface area contributed by atoms with E-state index in [-0.39, 0.29) is 6.03 Å². The smallest absolute Gasteiger partial charge is 0.323 e. The molecule has 2 saturated heterocycles. The second-order valence-electron chi connectivity index (χ2n) is 7.33. The molecule has 0 radical (unpaired) electrons. The highest BCUT2D eigenvalue weighted by Crippen LogP contribution is 2.39.